The molecule has 8 heteroatoms. The van der Waals surface area contributed by atoms with E-state index >= 15 is 0 Å². The van der Waals surface area contributed by atoms with Crippen LogP contribution in [0.4, 0.5) is 10.1 Å². The molecule has 1 aliphatic heterocycles. The van der Waals surface area contributed by atoms with E-state index in [1.165, 1.54) is 23.9 Å². The van der Waals surface area contributed by atoms with E-state index in [0.717, 1.165) is 35.8 Å². The Morgan fingerprint density at radius 3 is 2.61 bits per heavy atom. The van der Waals surface area contributed by atoms with Crippen molar-refractivity contribution in [1.29, 1.82) is 0 Å². The molecular formula is C23H23ClFN3O2S. The van der Waals surface area contributed by atoms with Gasteiger partial charge in [-0.3, -0.25) is 4.79 Å². The molecule has 0 spiro atoms. The summed E-state index contributed by atoms with van der Waals surface area (Å²) in [4.78, 5) is 21.2. The SMILES string of the molecule is Cc1oc(-c2cccc(Cl)c2)nc1CSCC(=O)N1CCN(c2ccc(F)cc2)CC1. The fraction of sp³-hybridized carbons (Fsp3) is 0.304. The van der Waals surface area contributed by atoms with Gasteiger partial charge in [0.2, 0.25) is 11.8 Å². The van der Waals surface area contributed by atoms with Crippen LogP contribution in [0.2, 0.25) is 5.02 Å². The van der Waals surface area contributed by atoms with Crippen molar-refractivity contribution >= 4 is 35.0 Å². The highest BCUT2D eigenvalue weighted by molar-refractivity contribution is 7.99. The van der Waals surface area contributed by atoms with Crippen molar-refractivity contribution in [3.8, 4) is 11.5 Å². The van der Waals surface area contributed by atoms with Crippen LogP contribution in [0.25, 0.3) is 11.5 Å². The first-order chi connectivity index (χ1) is 15.0. The molecule has 162 valence electrons. The maximum absolute atomic E-state index is 13.1. The van der Waals surface area contributed by atoms with Gasteiger partial charge in [-0.2, -0.15) is 0 Å². The lowest BCUT2D eigenvalue weighted by atomic mass is 10.2. The largest absolute Gasteiger partial charge is 0.441 e. The molecule has 1 amide bonds. The van der Waals surface area contributed by atoms with E-state index in [9.17, 15) is 9.18 Å². The number of hydrogen-bond donors (Lipinski definition) is 0. The smallest absolute Gasteiger partial charge is 0.232 e. The number of oxazole rings is 1. The van der Waals surface area contributed by atoms with Gasteiger partial charge in [0.1, 0.15) is 11.6 Å². The highest BCUT2D eigenvalue weighted by Crippen LogP contribution is 2.26. The van der Waals surface area contributed by atoms with Crippen molar-refractivity contribution < 1.29 is 13.6 Å². The van der Waals surface area contributed by atoms with Crippen molar-refractivity contribution in [3.05, 3.63) is 70.8 Å². The quantitative estimate of drug-likeness (QED) is 0.517. The van der Waals surface area contributed by atoms with Crippen molar-refractivity contribution in [2.75, 3.05) is 36.8 Å². The molecule has 0 saturated carbocycles. The summed E-state index contributed by atoms with van der Waals surface area (Å²) in [6.07, 6.45) is 0. The van der Waals surface area contributed by atoms with Gasteiger partial charge >= 0.3 is 0 Å². The number of rotatable bonds is 6. The Kier molecular flexibility index (Phi) is 6.83. The first-order valence-corrected chi connectivity index (χ1v) is 11.6. The van der Waals surface area contributed by atoms with E-state index in [1.807, 2.05) is 36.1 Å². The molecule has 1 saturated heterocycles. The summed E-state index contributed by atoms with van der Waals surface area (Å²) in [6, 6.07) is 13.9. The zero-order valence-electron chi connectivity index (χ0n) is 17.2. The number of carbonyl (C=O) groups is 1. The van der Waals surface area contributed by atoms with Crippen LogP contribution in [-0.2, 0) is 10.5 Å². The number of aromatic nitrogens is 1. The van der Waals surface area contributed by atoms with Crippen LogP contribution in [0.1, 0.15) is 11.5 Å². The molecule has 0 N–H and O–H groups in total. The summed E-state index contributed by atoms with van der Waals surface area (Å²) >= 11 is 7.59. The molecule has 1 fully saturated rings. The third-order valence-electron chi connectivity index (χ3n) is 5.25. The van der Waals surface area contributed by atoms with E-state index in [-0.39, 0.29) is 11.7 Å². The minimum atomic E-state index is -0.239. The third kappa shape index (κ3) is 5.40. The molecule has 0 unspecified atom stereocenters. The van der Waals surface area contributed by atoms with E-state index in [1.54, 1.807) is 12.1 Å². The van der Waals surface area contributed by atoms with Gasteiger partial charge in [0.15, 0.2) is 0 Å². The van der Waals surface area contributed by atoms with Crippen molar-refractivity contribution in [2.45, 2.75) is 12.7 Å². The molecule has 0 radical (unpaired) electrons. The minimum absolute atomic E-state index is 0.125. The molecule has 0 bridgehead atoms. The molecule has 2 heterocycles. The summed E-state index contributed by atoms with van der Waals surface area (Å²) in [6.45, 7) is 4.70. The number of aryl methyl sites for hydroxylation is 1. The number of nitrogens with zero attached hydrogens (tertiary/aromatic N) is 3. The lowest BCUT2D eigenvalue weighted by Crippen LogP contribution is -2.49. The number of hydrogen-bond acceptors (Lipinski definition) is 5. The lowest BCUT2D eigenvalue weighted by molar-refractivity contribution is -0.128. The number of benzene rings is 2. The second-order valence-electron chi connectivity index (χ2n) is 7.37. The number of carbonyl (C=O) groups excluding carboxylic acids is 1. The van der Waals surface area contributed by atoms with Crippen molar-refractivity contribution in [3.63, 3.8) is 0 Å². The lowest BCUT2D eigenvalue weighted by Gasteiger charge is -2.36. The number of halogens is 2. The predicted octanol–water partition coefficient (Wildman–Crippen LogP) is 5.02. The second kappa shape index (κ2) is 9.75. The summed E-state index contributed by atoms with van der Waals surface area (Å²) < 4.78 is 18.9. The molecule has 2 aromatic carbocycles. The molecule has 4 rings (SSSR count). The fourth-order valence-corrected chi connectivity index (χ4v) is 4.61. The summed E-state index contributed by atoms with van der Waals surface area (Å²) in [5.41, 5.74) is 2.66. The van der Waals surface area contributed by atoms with Crippen LogP contribution in [-0.4, -0.2) is 47.7 Å². The van der Waals surface area contributed by atoms with Gasteiger partial charge in [-0.25, -0.2) is 9.37 Å². The van der Waals surface area contributed by atoms with Gasteiger partial charge < -0.3 is 14.2 Å². The molecule has 1 aromatic heterocycles. The Morgan fingerprint density at radius 1 is 1.16 bits per heavy atom. The zero-order chi connectivity index (χ0) is 21.8. The molecule has 1 aliphatic rings. The van der Waals surface area contributed by atoms with Crippen molar-refractivity contribution in [1.82, 2.24) is 9.88 Å². The fourth-order valence-electron chi connectivity index (χ4n) is 3.50. The first kappa shape index (κ1) is 21.7. The van der Waals surface area contributed by atoms with Crippen molar-refractivity contribution in [2.24, 2.45) is 0 Å². The Labute approximate surface area is 190 Å². The average molecular weight is 460 g/mol. The summed E-state index contributed by atoms with van der Waals surface area (Å²) in [7, 11) is 0. The molecule has 5 nitrogen and oxygen atoms in total. The molecule has 0 aliphatic carbocycles. The van der Waals surface area contributed by atoms with Gasteiger partial charge in [-0.1, -0.05) is 17.7 Å². The molecule has 3 aromatic rings. The van der Waals surface area contributed by atoms with E-state index in [2.05, 4.69) is 9.88 Å². The standard InChI is InChI=1S/C23H23ClFN3O2S/c1-16-21(26-23(30-16)17-3-2-4-18(24)13-17)14-31-15-22(29)28-11-9-27(10-12-28)20-7-5-19(25)6-8-20/h2-8,13H,9-12,14-15H2,1H3. The van der Waals surface area contributed by atoms with E-state index < -0.39 is 0 Å². The molecule has 0 atom stereocenters. The van der Waals surface area contributed by atoms with Gasteiger partial charge in [0.05, 0.1) is 11.4 Å². The summed E-state index contributed by atoms with van der Waals surface area (Å²) in [5, 5.41) is 0.634. The number of anilines is 1. The first-order valence-electron chi connectivity index (χ1n) is 10.1. The van der Waals surface area contributed by atoms with Crippen LogP contribution < -0.4 is 4.90 Å². The van der Waals surface area contributed by atoms with Crippen LogP contribution in [0.5, 0.6) is 0 Å². The Bertz CT molecular complexity index is 1050. The van der Waals surface area contributed by atoms with Crippen LogP contribution in [0, 0.1) is 12.7 Å². The van der Waals surface area contributed by atoms with Gasteiger partial charge in [0.25, 0.3) is 0 Å². The van der Waals surface area contributed by atoms with E-state index in [4.69, 9.17) is 16.0 Å². The van der Waals surface area contributed by atoms with Crippen LogP contribution in [0.3, 0.4) is 0 Å². The van der Waals surface area contributed by atoms with Gasteiger partial charge in [0, 0.05) is 48.2 Å². The number of thioether (sulfide) groups is 1. The minimum Gasteiger partial charge on any atom is -0.441 e. The Morgan fingerprint density at radius 2 is 1.90 bits per heavy atom. The van der Waals surface area contributed by atoms with E-state index in [0.29, 0.717) is 35.5 Å². The average Bonchev–Trinajstić information content (AvgIpc) is 3.15. The highest BCUT2D eigenvalue weighted by atomic mass is 35.5. The molecule has 31 heavy (non-hydrogen) atoms. The maximum atomic E-state index is 13.1. The second-order valence-corrected chi connectivity index (χ2v) is 8.79. The number of amides is 1. The van der Waals surface area contributed by atoms with Gasteiger partial charge in [-0.05, 0) is 49.4 Å². The topological polar surface area (TPSA) is 49.6 Å². The predicted molar refractivity (Wildman–Crippen MR) is 123 cm³/mol. The Balaban J connectivity index is 1.26. The number of piperazine rings is 1. The highest BCUT2D eigenvalue weighted by Gasteiger charge is 2.21. The summed E-state index contributed by atoms with van der Waals surface area (Å²) in [5.74, 6) is 2.19. The van der Waals surface area contributed by atoms with Gasteiger partial charge in [-0.15, -0.1) is 11.8 Å². The normalized spacial score (nSPS) is 14.2. The van der Waals surface area contributed by atoms with Crippen LogP contribution in [0.15, 0.2) is 52.9 Å². The molecular weight excluding hydrogens is 437 g/mol. The third-order valence-corrected chi connectivity index (χ3v) is 6.42. The van der Waals surface area contributed by atoms with Crippen LogP contribution >= 0.6 is 23.4 Å². The monoisotopic (exact) mass is 459 g/mol. The maximum Gasteiger partial charge on any atom is 0.232 e. The Hall–Kier alpha value is -2.51. The zero-order valence-corrected chi connectivity index (χ0v) is 18.8.